The van der Waals surface area contributed by atoms with Crippen molar-refractivity contribution < 1.29 is 18.8 Å². The molecule has 2 heterocycles. The Kier molecular flexibility index (Phi) is 5.41. The van der Waals surface area contributed by atoms with Crippen LogP contribution in [-0.2, 0) is 15.1 Å². The van der Waals surface area contributed by atoms with Gasteiger partial charge in [-0.1, -0.05) is 47.5 Å². The monoisotopic (exact) mass is 459 g/mol. The Bertz CT molecular complexity index is 1180. The summed E-state index contributed by atoms with van der Waals surface area (Å²) in [6.07, 6.45) is 0. The van der Waals surface area contributed by atoms with Gasteiger partial charge in [-0.05, 0) is 43.7 Å². The lowest BCUT2D eigenvalue weighted by molar-refractivity contribution is -0.135. The van der Waals surface area contributed by atoms with Gasteiger partial charge in [0.15, 0.2) is 0 Å². The van der Waals surface area contributed by atoms with Gasteiger partial charge in [0.25, 0.3) is 5.91 Å². The lowest BCUT2D eigenvalue weighted by Crippen LogP contribution is -2.43. The van der Waals surface area contributed by atoms with Crippen LogP contribution in [0.2, 0.25) is 10.0 Å². The molecule has 4 rings (SSSR count). The highest BCUT2D eigenvalue weighted by molar-refractivity contribution is 6.42. The van der Waals surface area contributed by atoms with Crippen LogP contribution in [0.3, 0.4) is 0 Å². The van der Waals surface area contributed by atoms with E-state index < -0.39 is 36.0 Å². The minimum atomic E-state index is -1.35. The van der Waals surface area contributed by atoms with Gasteiger partial charge in [-0.3, -0.25) is 14.5 Å². The predicted molar refractivity (Wildman–Crippen MR) is 117 cm³/mol. The molecule has 9 heteroatoms. The van der Waals surface area contributed by atoms with Crippen molar-refractivity contribution in [1.29, 1.82) is 0 Å². The number of furan rings is 1. The number of halogens is 2. The highest BCUT2D eigenvalue weighted by Crippen LogP contribution is 2.33. The number of para-hydroxylation sites is 1. The third-order valence-electron chi connectivity index (χ3n) is 5.32. The van der Waals surface area contributed by atoms with Crippen molar-refractivity contribution >= 4 is 52.0 Å². The summed E-state index contributed by atoms with van der Waals surface area (Å²) in [5, 5.41) is 6.92. The highest BCUT2D eigenvalue weighted by Gasteiger charge is 2.49. The number of fused-ring (bicyclic) bond motifs is 1. The van der Waals surface area contributed by atoms with E-state index in [9.17, 15) is 14.4 Å². The number of nitrogens with zero attached hydrogens (tertiary/aromatic N) is 1. The van der Waals surface area contributed by atoms with Crippen molar-refractivity contribution in [3.05, 3.63) is 69.9 Å². The Morgan fingerprint density at radius 1 is 1.16 bits per heavy atom. The first-order valence-corrected chi connectivity index (χ1v) is 10.3. The molecule has 0 spiro atoms. The molecular formula is C22H19Cl2N3O4. The smallest absolute Gasteiger partial charge is 0.325 e. The maximum Gasteiger partial charge on any atom is 0.325 e. The maximum absolute atomic E-state index is 13.0. The minimum Gasteiger partial charge on any atom is -0.459 e. The summed E-state index contributed by atoms with van der Waals surface area (Å²) < 4.78 is 5.76. The summed E-state index contributed by atoms with van der Waals surface area (Å²) >= 11 is 12.0. The molecule has 4 amide bonds. The summed E-state index contributed by atoms with van der Waals surface area (Å²) in [5.41, 5.74) is -0.167. The fourth-order valence-electron chi connectivity index (χ4n) is 3.56. The SMILES string of the molecule is C[C@H](NC(=O)CN1C(=O)N[C@@](C)(c2ccc(Cl)c(Cl)c2)C1=O)c1cc2ccccc2o1. The van der Waals surface area contributed by atoms with E-state index in [0.717, 1.165) is 10.3 Å². The van der Waals surface area contributed by atoms with E-state index >= 15 is 0 Å². The number of nitrogens with one attached hydrogen (secondary N) is 2. The van der Waals surface area contributed by atoms with E-state index in [0.29, 0.717) is 21.9 Å². The van der Waals surface area contributed by atoms with Gasteiger partial charge < -0.3 is 15.1 Å². The molecule has 0 bridgehead atoms. The average molecular weight is 460 g/mol. The minimum absolute atomic E-state index is 0.262. The molecule has 1 saturated heterocycles. The first-order valence-electron chi connectivity index (χ1n) is 9.56. The summed E-state index contributed by atoms with van der Waals surface area (Å²) in [5.74, 6) is -0.468. The number of urea groups is 1. The Morgan fingerprint density at radius 3 is 2.61 bits per heavy atom. The van der Waals surface area contributed by atoms with Crippen molar-refractivity contribution in [1.82, 2.24) is 15.5 Å². The van der Waals surface area contributed by atoms with Gasteiger partial charge in [-0.2, -0.15) is 0 Å². The summed E-state index contributed by atoms with van der Waals surface area (Å²) in [7, 11) is 0. The van der Waals surface area contributed by atoms with Crippen LogP contribution in [0.5, 0.6) is 0 Å². The van der Waals surface area contributed by atoms with Crippen molar-refractivity contribution in [2.75, 3.05) is 6.54 Å². The number of hydrogen-bond donors (Lipinski definition) is 2. The molecule has 0 unspecified atom stereocenters. The van der Waals surface area contributed by atoms with Crippen LogP contribution in [0, 0.1) is 0 Å². The molecule has 1 aliphatic heterocycles. The number of carbonyl (C=O) groups excluding carboxylic acids is 3. The number of hydrogen-bond acceptors (Lipinski definition) is 4. The van der Waals surface area contributed by atoms with Crippen molar-refractivity contribution in [2.45, 2.75) is 25.4 Å². The highest BCUT2D eigenvalue weighted by atomic mass is 35.5. The Hall–Kier alpha value is -3.03. The number of imide groups is 1. The van der Waals surface area contributed by atoms with E-state index in [2.05, 4.69) is 10.6 Å². The van der Waals surface area contributed by atoms with E-state index in [1.807, 2.05) is 30.3 Å². The number of benzene rings is 2. The maximum atomic E-state index is 13.0. The summed E-state index contributed by atoms with van der Waals surface area (Å²) in [4.78, 5) is 38.9. The number of carbonyl (C=O) groups is 3. The molecule has 1 fully saturated rings. The Labute approximate surface area is 188 Å². The van der Waals surface area contributed by atoms with Gasteiger partial charge in [-0.25, -0.2) is 4.79 Å². The van der Waals surface area contributed by atoms with E-state index in [1.165, 1.54) is 6.07 Å². The topological polar surface area (TPSA) is 91.7 Å². The summed E-state index contributed by atoms with van der Waals surface area (Å²) in [6, 6.07) is 12.9. The van der Waals surface area contributed by atoms with Crippen LogP contribution < -0.4 is 10.6 Å². The van der Waals surface area contributed by atoms with E-state index in [-0.39, 0.29) is 5.02 Å². The zero-order valence-corrected chi connectivity index (χ0v) is 18.3. The van der Waals surface area contributed by atoms with Crippen molar-refractivity contribution in [3.8, 4) is 0 Å². The van der Waals surface area contributed by atoms with Crippen LogP contribution in [0.15, 0.2) is 52.9 Å². The molecule has 7 nitrogen and oxygen atoms in total. The normalized spacial score (nSPS) is 19.5. The van der Waals surface area contributed by atoms with Crippen molar-refractivity contribution in [3.63, 3.8) is 0 Å². The molecule has 1 aliphatic rings. The molecule has 2 N–H and O–H groups in total. The van der Waals surface area contributed by atoms with Gasteiger partial charge in [-0.15, -0.1) is 0 Å². The molecule has 1 aromatic heterocycles. The molecule has 3 aromatic rings. The second-order valence-corrected chi connectivity index (χ2v) is 8.37. The van der Waals surface area contributed by atoms with Crippen LogP contribution in [0.1, 0.15) is 31.2 Å². The second kappa shape index (κ2) is 7.90. The lowest BCUT2D eigenvalue weighted by Gasteiger charge is -2.22. The van der Waals surface area contributed by atoms with Gasteiger partial charge in [0.05, 0.1) is 16.1 Å². The Balaban J connectivity index is 1.47. The number of rotatable bonds is 5. The zero-order chi connectivity index (χ0) is 22.3. The molecule has 160 valence electrons. The van der Waals surface area contributed by atoms with Gasteiger partial charge in [0.2, 0.25) is 5.91 Å². The largest absolute Gasteiger partial charge is 0.459 e. The zero-order valence-electron chi connectivity index (χ0n) is 16.7. The predicted octanol–water partition coefficient (Wildman–Crippen LogP) is 4.38. The Morgan fingerprint density at radius 2 is 1.90 bits per heavy atom. The van der Waals surface area contributed by atoms with Gasteiger partial charge >= 0.3 is 6.03 Å². The third-order valence-corrected chi connectivity index (χ3v) is 6.06. The number of amides is 4. The van der Waals surface area contributed by atoms with Crippen LogP contribution in [-0.4, -0.2) is 29.3 Å². The van der Waals surface area contributed by atoms with Gasteiger partial charge in [0.1, 0.15) is 23.4 Å². The first-order chi connectivity index (χ1) is 14.7. The molecule has 2 atom stereocenters. The molecule has 0 saturated carbocycles. The van der Waals surface area contributed by atoms with E-state index in [1.54, 1.807) is 26.0 Å². The lowest BCUT2D eigenvalue weighted by atomic mass is 9.92. The molecule has 31 heavy (non-hydrogen) atoms. The average Bonchev–Trinajstić information content (AvgIpc) is 3.25. The van der Waals surface area contributed by atoms with E-state index in [4.69, 9.17) is 27.6 Å². The van der Waals surface area contributed by atoms with Gasteiger partial charge in [0, 0.05) is 5.39 Å². The van der Waals surface area contributed by atoms with Crippen LogP contribution in [0.25, 0.3) is 11.0 Å². The quantitative estimate of drug-likeness (QED) is 0.553. The second-order valence-electron chi connectivity index (χ2n) is 7.55. The molecule has 2 aromatic carbocycles. The van der Waals surface area contributed by atoms with Crippen LogP contribution >= 0.6 is 23.2 Å². The molecule has 0 aliphatic carbocycles. The molecular weight excluding hydrogens is 441 g/mol. The first kappa shape index (κ1) is 21.2. The fourth-order valence-corrected chi connectivity index (χ4v) is 3.86. The van der Waals surface area contributed by atoms with Crippen molar-refractivity contribution in [2.24, 2.45) is 0 Å². The third kappa shape index (κ3) is 3.86. The fraction of sp³-hybridized carbons (Fsp3) is 0.227. The standard InChI is InChI=1S/C22H19Cl2N3O4/c1-12(18-9-13-5-3-4-6-17(13)31-18)25-19(28)11-27-20(29)22(2,26-21(27)30)14-7-8-15(23)16(24)10-14/h3-10,12H,11H2,1-2H3,(H,25,28)(H,26,30)/t12-,22-/m0/s1. The molecule has 0 radical (unpaired) electrons. The summed E-state index contributed by atoms with van der Waals surface area (Å²) in [6.45, 7) is 2.90. The van der Waals surface area contributed by atoms with Crippen LogP contribution in [0.4, 0.5) is 4.79 Å².